The molecular weight excluding hydrogens is 330 g/mol. The average Bonchev–Trinajstić information content (AvgIpc) is 2.92. The number of hydrogen-bond donors (Lipinski definition) is 2. The van der Waals surface area contributed by atoms with Gasteiger partial charge < -0.3 is 20.5 Å². The molecule has 25 heavy (non-hydrogen) atoms. The summed E-state index contributed by atoms with van der Waals surface area (Å²) in [6.45, 7) is 5.81. The Morgan fingerprint density at radius 1 is 1.36 bits per heavy atom. The maximum atomic E-state index is 13.3. The van der Waals surface area contributed by atoms with Gasteiger partial charge in [0.25, 0.3) is 0 Å². The maximum Gasteiger partial charge on any atom is 0.410 e. The lowest BCUT2D eigenvalue weighted by atomic mass is 9.95. The van der Waals surface area contributed by atoms with E-state index in [0.717, 1.165) is 12.5 Å². The summed E-state index contributed by atoms with van der Waals surface area (Å²) in [4.78, 5) is 13.8. The summed E-state index contributed by atoms with van der Waals surface area (Å²) < 4.78 is 32.0. The van der Waals surface area contributed by atoms with Gasteiger partial charge in [-0.2, -0.15) is 0 Å². The number of hydrogen-bond acceptors (Lipinski definition) is 4. The average molecular weight is 356 g/mol. The molecule has 0 saturated carbocycles. The van der Waals surface area contributed by atoms with Crippen LogP contribution in [-0.4, -0.2) is 46.4 Å². The fourth-order valence-electron chi connectivity index (χ4n) is 3.10. The molecule has 3 N–H and O–H groups in total. The van der Waals surface area contributed by atoms with E-state index < -0.39 is 41.5 Å². The smallest absolute Gasteiger partial charge is 0.410 e. The highest BCUT2D eigenvalue weighted by molar-refractivity contribution is 5.69. The first kappa shape index (κ1) is 19.6. The van der Waals surface area contributed by atoms with E-state index in [9.17, 15) is 18.7 Å². The van der Waals surface area contributed by atoms with Crippen LogP contribution in [0.3, 0.4) is 0 Å². The van der Waals surface area contributed by atoms with Crippen molar-refractivity contribution in [1.29, 1.82) is 0 Å². The molecule has 1 aliphatic rings. The number of likely N-dealkylation sites (tertiary alicyclic amines) is 1. The fraction of sp³-hybridized carbons (Fsp3) is 0.611. The van der Waals surface area contributed by atoms with Crippen molar-refractivity contribution < 1.29 is 23.4 Å². The molecule has 0 aliphatic carbocycles. The number of halogens is 2. The first-order chi connectivity index (χ1) is 11.6. The molecule has 3 atom stereocenters. The van der Waals surface area contributed by atoms with Crippen LogP contribution in [0.15, 0.2) is 18.2 Å². The first-order valence-electron chi connectivity index (χ1n) is 8.45. The maximum absolute atomic E-state index is 13.3. The van der Waals surface area contributed by atoms with Crippen LogP contribution in [0.25, 0.3) is 0 Å². The van der Waals surface area contributed by atoms with E-state index in [1.54, 1.807) is 20.8 Å². The number of benzene rings is 1. The Balaban J connectivity index is 2.04. The third kappa shape index (κ3) is 5.37. The van der Waals surface area contributed by atoms with Gasteiger partial charge in [-0.1, -0.05) is 0 Å². The molecule has 0 bridgehead atoms. The van der Waals surface area contributed by atoms with Crippen molar-refractivity contribution in [2.24, 2.45) is 5.73 Å². The molecule has 1 aromatic rings. The summed E-state index contributed by atoms with van der Waals surface area (Å²) in [5.74, 6) is -1.37. The lowest BCUT2D eigenvalue weighted by Gasteiger charge is -2.33. The second kappa shape index (κ2) is 7.66. The van der Waals surface area contributed by atoms with Crippen LogP contribution in [0.2, 0.25) is 0 Å². The van der Waals surface area contributed by atoms with Crippen molar-refractivity contribution in [3.05, 3.63) is 35.4 Å². The van der Waals surface area contributed by atoms with E-state index in [4.69, 9.17) is 10.5 Å². The Hall–Kier alpha value is -1.73. The summed E-state index contributed by atoms with van der Waals surface area (Å²) in [5, 5.41) is 10.6. The minimum absolute atomic E-state index is 0.106. The molecule has 2 rings (SSSR count). The van der Waals surface area contributed by atoms with Crippen molar-refractivity contribution in [1.82, 2.24) is 4.90 Å². The number of nitrogens with two attached hydrogens (primary N) is 1. The zero-order valence-electron chi connectivity index (χ0n) is 14.8. The minimum Gasteiger partial charge on any atom is -0.444 e. The number of rotatable bonds is 4. The van der Waals surface area contributed by atoms with Gasteiger partial charge in [-0.15, -0.1) is 0 Å². The summed E-state index contributed by atoms with van der Waals surface area (Å²) in [6, 6.07) is 1.94. The van der Waals surface area contributed by atoms with Gasteiger partial charge in [0.05, 0.1) is 12.1 Å². The molecular formula is C18H26F2N2O3. The van der Waals surface area contributed by atoms with Crippen molar-refractivity contribution in [2.75, 3.05) is 6.54 Å². The molecule has 1 saturated heterocycles. The molecule has 1 unspecified atom stereocenters. The second-order valence-corrected chi connectivity index (χ2v) is 7.52. The van der Waals surface area contributed by atoms with Crippen LogP contribution in [-0.2, 0) is 11.2 Å². The third-order valence-corrected chi connectivity index (χ3v) is 4.15. The zero-order valence-corrected chi connectivity index (χ0v) is 14.8. The van der Waals surface area contributed by atoms with Crippen LogP contribution in [0.1, 0.15) is 39.2 Å². The van der Waals surface area contributed by atoms with Gasteiger partial charge in [-0.25, -0.2) is 13.6 Å². The molecule has 1 amide bonds. The third-order valence-electron chi connectivity index (χ3n) is 4.15. The highest BCUT2D eigenvalue weighted by Gasteiger charge is 2.38. The molecule has 1 aromatic carbocycles. The zero-order chi connectivity index (χ0) is 18.8. The van der Waals surface area contributed by atoms with Crippen LogP contribution in [0.4, 0.5) is 13.6 Å². The quantitative estimate of drug-likeness (QED) is 0.869. The van der Waals surface area contributed by atoms with Crippen molar-refractivity contribution >= 4 is 6.09 Å². The summed E-state index contributed by atoms with van der Waals surface area (Å²) in [6.07, 6.45) is -0.0537. The molecule has 7 heteroatoms. The monoisotopic (exact) mass is 356 g/mol. The first-order valence-corrected chi connectivity index (χ1v) is 8.45. The van der Waals surface area contributed by atoms with Gasteiger partial charge in [0.2, 0.25) is 0 Å². The minimum atomic E-state index is -1.01. The molecule has 0 spiro atoms. The highest BCUT2D eigenvalue weighted by Crippen LogP contribution is 2.25. The summed E-state index contributed by atoms with van der Waals surface area (Å²) >= 11 is 0. The van der Waals surface area contributed by atoms with Crippen molar-refractivity contribution in [3.8, 4) is 0 Å². The molecule has 140 valence electrons. The SMILES string of the molecule is CC(C)(C)OC(=O)N1CCCC1[C@@H](O)[C@@H](N)Cc1cc(F)cc(F)c1. The highest BCUT2D eigenvalue weighted by atomic mass is 19.1. The number of carbonyl (C=O) groups excluding carboxylic acids is 1. The second-order valence-electron chi connectivity index (χ2n) is 7.52. The fourth-order valence-corrected chi connectivity index (χ4v) is 3.10. The van der Waals surface area contributed by atoms with E-state index >= 15 is 0 Å². The van der Waals surface area contributed by atoms with Crippen LogP contribution >= 0.6 is 0 Å². The molecule has 0 radical (unpaired) electrons. The lowest BCUT2D eigenvalue weighted by molar-refractivity contribution is 0.000865. The van der Waals surface area contributed by atoms with Gasteiger partial charge >= 0.3 is 6.09 Å². The van der Waals surface area contributed by atoms with Gasteiger partial charge in [0.15, 0.2) is 0 Å². The normalized spacial score (nSPS) is 20.4. The topological polar surface area (TPSA) is 75.8 Å². The molecule has 1 aliphatic heterocycles. The van der Waals surface area contributed by atoms with E-state index in [0.29, 0.717) is 18.5 Å². The van der Waals surface area contributed by atoms with Gasteiger partial charge in [-0.05, 0) is 57.7 Å². The van der Waals surface area contributed by atoms with Gasteiger partial charge in [0, 0.05) is 18.7 Å². The predicted molar refractivity (Wildman–Crippen MR) is 90.0 cm³/mol. The van der Waals surface area contributed by atoms with E-state index in [2.05, 4.69) is 0 Å². The standard InChI is InChI=1S/C18H26F2N2O3/c1-18(2,3)25-17(24)22-6-4-5-15(22)16(23)14(21)9-11-7-12(19)10-13(20)8-11/h7-8,10,14-16,23H,4-6,9,21H2,1-3H3/t14-,15?,16-/m0/s1. The lowest BCUT2D eigenvalue weighted by Crippen LogP contribution is -2.52. The van der Waals surface area contributed by atoms with Gasteiger partial charge in [0.1, 0.15) is 17.2 Å². The molecule has 1 fully saturated rings. The van der Waals surface area contributed by atoms with Crippen LogP contribution < -0.4 is 5.73 Å². The van der Waals surface area contributed by atoms with Crippen LogP contribution in [0.5, 0.6) is 0 Å². The summed E-state index contributed by atoms with van der Waals surface area (Å²) in [7, 11) is 0. The molecule has 1 heterocycles. The Morgan fingerprint density at radius 2 is 1.96 bits per heavy atom. The number of ether oxygens (including phenoxy) is 1. The Kier molecular flexibility index (Phi) is 6.00. The van der Waals surface area contributed by atoms with Crippen LogP contribution in [0, 0.1) is 11.6 Å². The Bertz CT molecular complexity index is 599. The van der Waals surface area contributed by atoms with E-state index in [1.807, 2.05) is 0 Å². The Labute approximate surface area is 146 Å². The predicted octanol–water partition coefficient (Wildman–Crippen LogP) is 2.60. The number of aliphatic hydroxyl groups is 1. The molecule has 5 nitrogen and oxygen atoms in total. The number of aliphatic hydroxyl groups excluding tert-OH is 1. The Morgan fingerprint density at radius 3 is 2.52 bits per heavy atom. The van der Waals surface area contributed by atoms with Crippen molar-refractivity contribution in [2.45, 2.75) is 63.8 Å². The number of amides is 1. The largest absolute Gasteiger partial charge is 0.444 e. The van der Waals surface area contributed by atoms with Crippen molar-refractivity contribution in [3.63, 3.8) is 0 Å². The summed E-state index contributed by atoms with van der Waals surface area (Å²) in [5.41, 5.74) is 5.78. The van der Waals surface area contributed by atoms with E-state index in [-0.39, 0.29) is 6.42 Å². The van der Waals surface area contributed by atoms with E-state index in [1.165, 1.54) is 17.0 Å². The molecule has 0 aromatic heterocycles. The van der Waals surface area contributed by atoms with Gasteiger partial charge in [-0.3, -0.25) is 0 Å². The number of nitrogens with zero attached hydrogens (tertiary/aromatic N) is 1. The number of carbonyl (C=O) groups is 1.